The van der Waals surface area contributed by atoms with Gasteiger partial charge in [-0.2, -0.15) is 0 Å². The SMILES string of the molecule is CCN(Cc1ccc(O)c2c1C[C@H]1C[C@H]3[C@H](N(C)C)C(=O)C(C(N)=O)C(=O)[C@@]3(O)C(=O)C1C2=O)CC(C)C. The lowest BCUT2D eigenvalue weighted by Gasteiger charge is -2.52. The number of benzene rings is 1. The van der Waals surface area contributed by atoms with Crippen LogP contribution in [0.4, 0.5) is 0 Å². The standard InChI is InChI=1S/C28H37N3O7/c1-6-31(11-13(2)3)12-14-7-8-18(32)20-16(14)9-15-10-17-22(30(4)5)24(34)21(27(29)37)26(36)28(17,38)25(35)19(15)23(20)33/h7-8,13,15,17,19,21-22,32,38H,6,9-12H2,1-5H3,(H2,29,37)/t15-,17-,19?,21?,22-,28-/m0/s1. The van der Waals surface area contributed by atoms with E-state index in [4.69, 9.17) is 5.73 Å². The number of nitrogens with two attached hydrogens (primary N) is 1. The minimum atomic E-state index is -2.71. The molecule has 2 unspecified atom stereocenters. The molecule has 1 aromatic rings. The summed E-state index contributed by atoms with van der Waals surface area (Å²) in [4.78, 5) is 70.0. The number of phenols is 1. The highest BCUT2D eigenvalue weighted by Crippen LogP contribution is 2.51. The first-order valence-electron chi connectivity index (χ1n) is 13.2. The summed E-state index contributed by atoms with van der Waals surface area (Å²) < 4.78 is 0. The molecule has 3 aliphatic carbocycles. The molecule has 10 nitrogen and oxygen atoms in total. The summed E-state index contributed by atoms with van der Waals surface area (Å²) in [6.45, 7) is 8.48. The minimum absolute atomic E-state index is 0.0368. The van der Waals surface area contributed by atoms with Gasteiger partial charge in [-0.25, -0.2) is 0 Å². The predicted molar refractivity (Wildman–Crippen MR) is 137 cm³/mol. The topological polar surface area (TPSA) is 158 Å². The van der Waals surface area contributed by atoms with Gasteiger partial charge < -0.3 is 15.9 Å². The van der Waals surface area contributed by atoms with Gasteiger partial charge >= 0.3 is 0 Å². The summed E-state index contributed by atoms with van der Waals surface area (Å²) in [6.07, 6.45) is 0.317. The molecule has 4 rings (SSSR count). The Labute approximate surface area is 222 Å². The number of phenolic OH excluding ortho intramolecular Hbond substituents is 1. The van der Waals surface area contributed by atoms with E-state index in [9.17, 15) is 34.2 Å². The monoisotopic (exact) mass is 527 g/mol. The molecule has 1 amide bonds. The number of likely N-dealkylation sites (N-methyl/N-ethyl adjacent to an activating group) is 1. The van der Waals surface area contributed by atoms with Crippen LogP contribution < -0.4 is 5.73 Å². The summed E-state index contributed by atoms with van der Waals surface area (Å²) in [5, 5.41) is 22.3. The van der Waals surface area contributed by atoms with E-state index in [1.807, 2.05) is 0 Å². The molecule has 0 radical (unpaired) electrons. The lowest BCUT2D eigenvalue weighted by molar-refractivity contribution is -0.181. The van der Waals surface area contributed by atoms with Gasteiger partial charge in [0.15, 0.2) is 34.7 Å². The van der Waals surface area contributed by atoms with Crippen molar-refractivity contribution in [1.29, 1.82) is 0 Å². The van der Waals surface area contributed by atoms with Gasteiger partial charge in [-0.3, -0.25) is 33.8 Å². The Bertz CT molecular complexity index is 1210. The van der Waals surface area contributed by atoms with E-state index in [1.54, 1.807) is 20.2 Å². The van der Waals surface area contributed by atoms with Crippen molar-refractivity contribution in [2.45, 2.75) is 51.8 Å². The van der Waals surface area contributed by atoms with E-state index >= 15 is 0 Å². The second-order valence-electron chi connectivity index (χ2n) is 11.6. The van der Waals surface area contributed by atoms with Crippen LogP contribution in [0.1, 0.15) is 48.7 Å². The van der Waals surface area contributed by atoms with E-state index in [0.29, 0.717) is 18.0 Å². The van der Waals surface area contributed by atoms with Crippen LogP contribution in [0.5, 0.6) is 5.75 Å². The second-order valence-corrected chi connectivity index (χ2v) is 11.6. The average molecular weight is 528 g/mol. The number of fused-ring (bicyclic) bond motifs is 3. The molecule has 0 aromatic heterocycles. The van der Waals surface area contributed by atoms with E-state index in [2.05, 4.69) is 25.7 Å². The highest BCUT2D eigenvalue weighted by molar-refractivity contribution is 6.32. The number of hydrogen-bond acceptors (Lipinski definition) is 9. The Hall–Kier alpha value is -2.95. The molecule has 2 saturated carbocycles. The lowest BCUT2D eigenvalue weighted by Crippen LogP contribution is -2.74. The van der Waals surface area contributed by atoms with Gasteiger partial charge in [-0.05, 0) is 62.5 Å². The highest BCUT2D eigenvalue weighted by atomic mass is 16.3. The van der Waals surface area contributed by atoms with Crippen molar-refractivity contribution in [3.8, 4) is 5.75 Å². The zero-order valence-electron chi connectivity index (χ0n) is 22.6. The first-order chi connectivity index (χ1) is 17.7. The quantitative estimate of drug-likeness (QED) is 0.425. The van der Waals surface area contributed by atoms with E-state index in [0.717, 1.165) is 18.7 Å². The summed E-state index contributed by atoms with van der Waals surface area (Å²) in [7, 11) is 3.14. The minimum Gasteiger partial charge on any atom is -0.507 e. The third-order valence-electron chi connectivity index (χ3n) is 8.51. The molecule has 6 atom stereocenters. The highest BCUT2D eigenvalue weighted by Gasteiger charge is 2.69. The van der Waals surface area contributed by atoms with Crippen LogP contribution in [0.25, 0.3) is 0 Å². The van der Waals surface area contributed by atoms with Crippen molar-refractivity contribution in [3.63, 3.8) is 0 Å². The van der Waals surface area contributed by atoms with E-state index < -0.39 is 64.4 Å². The molecule has 38 heavy (non-hydrogen) atoms. The maximum absolute atomic E-state index is 13.9. The van der Waals surface area contributed by atoms with Gasteiger partial charge in [0.2, 0.25) is 5.91 Å². The first-order valence-corrected chi connectivity index (χ1v) is 13.2. The van der Waals surface area contributed by atoms with Gasteiger partial charge in [0.05, 0.1) is 17.5 Å². The predicted octanol–water partition coefficient (Wildman–Crippen LogP) is 0.345. The van der Waals surface area contributed by atoms with Gasteiger partial charge in [0.1, 0.15) is 5.75 Å². The van der Waals surface area contributed by atoms with Crippen LogP contribution in [0.3, 0.4) is 0 Å². The summed E-state index contributed by atoms with van der Waals surface area (Å²) in [5.74, 6) is -9.82. The van der Waals surface area contributed by atoms with Crippen molar-refractivity contribution in [3.05, 3.63) is 28.8 Å². The molecular formula is C28H37N3O7. The van der Waals surface area contributed by atoms with Gasteiger partial charge in [-0.15, -0.1) is 0 Å². The number of aliphatic hydroxyl groups is 1. The normalized spacial score (nSPS) is 31.0. The lowest BCUT2D eigenvalue weighted by atomic mass is 9.52. The van der Waals surface area contributed by atoms with Crippen LogP contribution in [-0.4, -0.2) is 87.9 Å². The number of Topliss-reactive ketones (excluding diaryl/α,β-unsaturated/α-hetero) is 4. The van der Waals surface area contributed by atoms with Crippen LogP contribution >= 0.6 is 0 Å². The maximum atomic E-state index is 13.9. The molecule has 0 aliphatic heterocycles. The molecule has 0 heterocycles. The Kier molecular flexibility index (Phi) is 7.37. The summed E-state index contributed by atoms with van der Waals surface area (Å²) in [5.41, 5.74) is 4.20. The van der Waals surface area contributed by atoms with Crippen LogP contribution in [0.15, 0.2) is 12.1 Å². The first kappa shape index (κ1) is 28.1. The Balaban J connectivity index is 1.80. The molecule has 10 heteroatoms. The summed E-state index contributed by atoms with van der Waals surface area (Å²) in [6, 6.07) is 2.12. The summed E-state index contributed by atoms with van der Waals surface area (Å²) >= 11 is 0. The number of ketones is 4. The third-order valence-corrected chi connectivity index (χ3v) is 8.51. The molecule has 0 spiro atoms. The second kappa shape index (κ2) is 9.98. The Morgan fingerprint density at radius 3 is 2.37 bits per heavy atom. The van der Waals surface area contributed by atoms with Crippen LogP contribution in [0, 0.1) is 29.6 Å². The molecule has 206 valence electrons. The van der Waals surface area contributed by atoms with Crippen molar-refractivity contribution in [2.24, 2.45) is 35.3 Å². The van der Waals surface area contributed by atoms with Crippen molar-refractivity contribution < 1.29 is 34.2 Å². The third kappa shape index (κ3) is 4.19. The number of nitrogens with zero attached hydrogens (tertiary/aromatic N) is 2. The van der Waals surface area contributed by atoms with E-state index in [-0.39, 0.29) is 24.2 Å². The van der Waals surface area contributed by atoms with Crippen molar-refractivity contribution >= 4 is 29.0 Å². The van der Waals surface area contributed by atoms with Crippen LogP contribution in [-0.2, 0) is 32.1 Å². The molecule has 3 aliphatic rings. The molecule has 0 saturated heterocycles. The molecule has 0 bridgehead atoms. The zero-order chi connectivity index (χ0) is 28.3. The molecule has 2 fully saturated rings. The fourth-order valence-corrected chi connectivity index (χ4v) is 6.88. The Morgan fingerprint density at radius 1 is 1.16 bits per heavy atom. The van der Waals surface area contributed by atoms with Crippen molar-refractivity contribution in [2.75, 3.05) is 27.2 Å². The number of carbonyl (C=O) groups excluding carboxylic acids is 5. The van der Waals surface area contributed by atoms with E-state index in [1.165, 1.54) is 11.0 Å². The van der Waals surface area contributed by atoms with Gasteiger partial charge in [-0.1, -0.05) is 26.8 Å². The molecular weight excluding hydrogens is 490 g/mol. The number of primary amides is 1. The fourth-order valence-electron chi connectivity index (χ4n) is 6.88. The van der Waals surface area contributed by atoms with Crippen LogP contribution in [0.2, 0.25) is 0 Å². The molecule has 1 aromatic carbocycles. The smallest absolute Gasteiger partial charge is 0.235 e. The van der Waals surface area contributed by atoms with Gasteiger partial charge in [0, 0.05) is 19.0 Å². The maximum Gasteiger partial charge on any atom is 0.235 e. The number of amides is 1. The molecule has 4 N–H and O–H groups in total. The largest absolute Gasteiger partial charge is 0.507 e. The fraction of sp³-hybridized carbons (Fsp3) is 0.607. The zero-order valence-corrected chi connectivity index (χ0v) is 22.6. The number of hydrogen-bond donors (Lipinski definition) is 3. The number of carbonyl (C=O) groups is 5. The number of aromatic hydroxyl groups is 1. The Morgan fingerprint density at radius 2 is 1.82 bits per heavy atom. The van der Waals surface area contributed by atoms with Gasteiger partial charge in [0.25, 0.3) is 0 Å². The number of rotatable bonds is 7. The average Bonchev–Trinajstić information content (AvgIpc) is 2.81. The van der Waals surface area contributed by atoms with Crippen molar-refractivity contribution in [1.82, 2.24) is 9.80 Å².